The van der Waals surface area contributed by atoms with Gasteiger partial charge in [-0.25, -0.2) is 0 Å². The van der Waals surface area contributed by atoms with Crippen LogP contribution in [0.4, 0.5) is 0 Å². The van der Waals surface area contributed by atoms with Gasteiger partial charge in [0.25, 0.3) is 0 Å². The summed E-state index contributed by atoms with van der Waals surface area (Å²) in [6.45, 7) is 7.69. The van der Waals surface area contributed by atoms with E-state index in [0.717, 1.165) is 31.9 Å². The van der Waals surface area contributed by atoms with Gasteiger partial charge in [0.05, 0.1) is 19.4 Å². The summed E-state index contributed by atoms with van der Waals surface area (Å²) < 4.78 is 11.2. The van der Waals surface area contributed by atoms with E-state index in [1.807, 2.05) is 13.2 Å². The molecule has 27 heavy (non-hydrogen) atoms. The molecule has 1 aromatic heterocycles. The minimum Gasteiger partial charge on any atom is -0.468 e. The zero-order valence-electron chi connectivity index (χ0n) is 16.5. The van der Waals surface area contributed by atoms with Crippen LogP contribution in [0.3, 0.4) is 0 Å². The summed E-state index contributed by atoms with van der Waals surface area (Å²) in [5.41, 5.74) is 1.85. The predicted molar refractivity (Wildman–Crippen MR) is 108 cm³/mol. The van der Waals surface area contributed by atoms with E-state index in [-0.39, 0.29) is 0 Å². The average molecular weight is 369 g/mol. The van der Waals surface area contributed by atoms with Gasteiger partial charge in [-0.15, -0.1) is 0 Å². The predicted octanol–water partition coefficient (Wildman–Crippen LogP) is 3.68. The molecule has 3 heterocycles. The summed E-state index contributed by atoms with van der Waals surface area (Å²) in [7, 11) is 1.85. The van der Waals surface area contributed by atoms with Crippen LogP contribution in [0.2, 0.25) is 0 Å². The van der Waals surface area contributed by atoms with Gasteiger partial charge in [-0.3, -0.25) is 4.90 Å². The summed E-state index contributed by atoms with van der Waals surface area (Å²) in [6, 6.07) is 14.9. The summed E-state index contributed by atoms with van der Waals surface area (Å²) in [6.07, 6.45) is 5.49. The van der Waals surface area contributed by atoms with E-state index in [2.05, 4.69) is 46.2 Å². The molecule has 146 valence electrons. The molecule has 1 unspecified atom stereocenters. The van der Waals surface area contributed by atoms with Crippen molar-refractivity contribution in [3.8, 4) is 0 Å². The average Bonchev–Trinajstić information content (AvgIpc) is 3.32. The van der Waals surface area contributed by atoms with Gasteiger partial charge in [0.2, 0.25) is 0 Å². The molecule has 4 rings (SSSR count). The number of nitrogens with zero attached hydrogens (tertiary/aromatic N) is 2. The van der Waals surface area contributed by atoms with Crippen LogP contribution in [-0.4, -0.2) is 56.2 Å². The van der Waals surface area contributed by atoms with Crippen LogP contribution >= 0.6 is 0 Å². The van der Waals surface area contributed by atoms with Gasteiger partial charge in [-0.1, -0.05) is 30.3 Å². The van der Waals surface area contributed by atoms with Crippen LogP contribution < -0.4 is 0 Å². The van der Waals surface area contributed by atoms with Gasteiger partial charge in [0, 0.05) is 32.7 Å². The highest BCUT2D eigenvalue weighted by atomic mass is 16.5. The maximum absolute atomic E-state index is 5.61. The highest BCUT2D eigenvalue weighted by Crippen LogP contribution is 2.45. The molecular weight excluding hydrogens is 336 g/mol. The fraction of sp³-hybridized carbons (Fsp3) is 0.565. The van der Waals surface area contributed by atoms with Gasteiger partial charge in [0.15, 0.2) is 0 Å². The molecule has 1 atom stereocenters. The standard InChI is InChI=1S/C23H32N2O2/c1-26-18-21-16-25(17-22-8-5-15-27-22)19-23(21)10-13-24(14-11-23)12-9-20-6-3-2-4-7-20/h2-8,15,21H,9-14,16-19H2,1H3. The van der Waals surface area contributed by atoms with Crippen molar-refractivity contribution >= 4 is 0 Å². The maximum Gasteiger partial charge on any atom is 0.117 e. The fourth-order valence-corrected chi connectivity index (χ4v) is 5.04. The Kier molecular flexibility index (Phi) is 5.96. The summed E-state index contributed by atoms with van der Waals surface area (Å²) >= 11 is 0. The van der Waals surface area contributed by atoms with Crippen molar-refractivity contribution in [2.75, 3.05) is 46.4 Å². The third-order valence-corrected chi connectivity index (χ3v) is 6.62. The lowest BCUT2D eigenvalue weighted by Crippen LogP contribution is -2.45. The molecule has 1 spiro atoms. The first-order valence-electron chi connectivity index (χ1n) is 10.3. The fourth-order valence-electron chi connectivity index (χ4n) is 5.04. The van der Waals surface area contributed by atoms with Gasteiger partial charge in [-0.05, 0) is 55.5 Å². The van der Waals surface area contributed by atoms with Crippen molar-refractivity contribution in [3.63, 3.8) is 0 Å². The number of furan rings is 1. The molecular formula is C23H32N2O2. The van der Waals surface area contributed by atoms with E-state index < -0.39 is 0 Å². The second kappa shape index (κ2) is 8.59. The lowest BCUT2D eigenvalue weighted by molar-refractivity contribution is 0.0377. The first-order chi connectivity index (χ1) is 13.3. The Morgan fingerprint density at radius 1 is 1.07 bits per heavy atom. The van der Waals surface area contributed by atoms with Crippen LogP contribution in [0.1, 0.15) is 24.2 Å². The van der Waals surface area contributed by atoms with Gasteiger partial charge in [0.1, 0.15) is 5.76 Å². The van der Waals surface area contributed by atoms with Crippen LogP contribution in [0.25, 0.3) is 0 Å². The molecule has 0 amide bonds. The highest BCUT2D eigenvalue weighted by Gasteiger charge is 2.47. The van der Waals surface area contributed by atoms with Crippen molar-refractivity contribution in [1.29, 1.82) is 0 Å². The van der Waals surface area contributed by atoms with Crippen LogP contribution in [0.15, 0.2) is 53.1 Å². The number of benzene rings is 1. The number of hydrogen-bond acceptors (Lipinski definition) is 4. The Bertz CT molecular complexity index is 678. The monoisotopic (exact) mass is 368 g/mol. The molecule has 2 fully saturated rings. The minimum absolute atomic E-state index is 0.409. The third kappa shape index (κ3) is 4.45. The summed E-state index contributed by atoms with van der Waals surface area (Å²) in [5.74, 6) is 1.71. The second-order valence-corrected chi connectivity index (χ2v) is 8.34. The van der Waals surface area contributed by atoms with Crippen LogP contribution in [0.5, 0.6) is 0 Å². The van der Waals surface area contributed by atoms with E-state index in [1.54, 1.807) is 6.26 Å². The van der Waals surface area contributed by atoms with Crippen molar-refractivity contribution in [3.05, 3.63) is 60.1 Å². The SMILES string of the molecule is COCC1CN(Cc2ccco2)CC12CCN(CCc1ccccc1)CC2. The Balaban J connectivity index is 1.33. The molecule has 2 aliphatic heterocycles. The lowest BCUT2D eigenvalue weighted by atomic mass is 9.71. The maximum atomic E-state index is 5.61. The zero-order valence-corrected chi connectivity index (χ0v) is 16.5. The van der Waals surface area contributed by atoms with E-state index in [9.17, 15) is 0 Å². The van der Waals surface area contributed by atoms with Crippen LogP contribution in [-0.2, 0) is 17.7 Å². The third-order valence-electron chi connectivity index (χ3n) is 6.62. The number of methoxy groups -OCH3 is 1. The lowest BCUT2D eigenvalue weighted by Gasteiger charge is -2.42. The molecule has 1 aromatic carbocycles. The van der Waals surface area contributed by atoms with E-state index in [1.165, 1.54) is 44.6 Å². The van der Waals surface area contributed by atoms with Crippen molar-refractivity contribution in [1.82, 2.24) is 9.80 Å². The van der Waals surface area contributed by atoms with Crippen molar-refractivity contribution < 1.29 is 9.15 Å². The van der Waals surface area contributed by atoms with Gasteiger partial charge < -0.3 is 14.1 Å². The van der Waals surface area contributed by atoms with E-state index >= 15 is 0 Å². The molecule has 2 aliphatic rings. The second-order valence-electron chi connectivity index (χ2n) is 8.34. The molecule has 4 heteroatoms. The quantitative estimate of drug-likeness (QED) is 0.745. The topological polar surface area (TPSA) is 28.9 Å². The molecule has 2 saturated heterocycles. The minimum atomic E-state index is 0.409. The Hall–Kier alpha value is -1.62. The van der Waals surface area contributed by atoms with Crippen LogP contribution in [0, 0.1) is 11.3 Å². The molecule has 0 saturated carbocycles. The normalized spacial score (nSPS) is 23.2. The van der Waals surface area contributed by atoms with E-state index in [0.29, 0.717) is 11.3 Å². The molecule has 0 N–H and O–H groups in total. The first kappa shape index (κ1) is 18.7. The summed E-state index contributed by atoms with van der Waals surface area (Å²) in [5, 5.41) is 0. The van der Waals surface area contributed by atoms with Gasteiger partial charge >= 0.3 is 0 Å². The zero-order chi connectivity index (χ0) is 18.5. The largest absolute Gasteiger partial charge is 0.468 e. The number of likely N-dealkylation sites (tertiary alicyclic amines) is 2. The molecule has 4 nitrogen and oxygen atoms in total. The molecule has 0 radical (unpaired) electrons. The smallest absolute Gasteiger partial charge is 0.117 e. The highest BCUT2D eigenvalue weighted by molar-refractivity contribution is 5.15. The van der Waals surface area contributed by atoms with Crippen molar-refractivity contribution in [2.24, 2.45) is 11.3 Å². The van der Waals surface area contributed by atoms with Crippen molar-refractivity contribution in [2.45, 2.75) is 25.8 Å². The number of hydrogen-bond donors (Lipinski definition) is 0. The Labute approximate surface area is 163 Å². The number of ether oxygens (including phenoxy) is 1. The van der Waals surface area contributed by atoms with E-state index in [4.69, 9.17) is 9.15 Å². The van der Waals surface area contributed by atoms with Gasteiger partial charge in [-0.2, -0.15) is 0 Å². The Morgan fingerprint density at radius 3 is 2.59 bits per heavy atom. The molecule has 0 aliphatic carbocycles. The number of piperidine rings is 1. The molecule has 2 aromatic rings. The first-order valence-corrected chi connectivity index (χ1v) is 10.3. The molecule has 0 bridgehead atoms. The summed E-state index contributed by atoms with van der Waals surface area (Å²) in [4.78, 5) is 5.22. The Morgan fingerprint density at radius 2 is 1.89 bits per heavy atom. The number of rotatable bonds is 7.